The number of aryl methyl sites for hydroxylation is 1. The normalized spacial score (nSPS) is 25.5. The Morgan fingerprint density at radius 1 is 1.10 bits per heavy atom. The molecule has 1 N–H and O–H groups in total. The third-order valence-electron chi connectivity index (χ3n) is 5.16. The largest absolute Gasteiger partial charge is 0.342 e. The first kappa shape index (κ1) is 14.6. The van der Waals surface area contributed by atoms with E-state index < -0.39 is 0 Å². The van der Waals surface area contributed by atoms with Gasteiger partial charge in [0.15, 0.2) is 0 Å². The van der Waals surface area contributed by atoms with E-state index in [0.717, 1.165) is 62.8 Å². The molecule has 2 aliphatic heterocycles. The van der Waals surface area contributed by atoms with E-state index in [1.807, 2.05) is 0 Å². The lowest BCUT2D eigenvalue weighted by Crippen LogP contribution is -2.33. The molecular formula is C18H26N2O. The number of amides is 1. The Bertz CT molecular complexity index is 468. The third-order valence-corrected chi connectivity index (χ3v) is 5.16. The van der Waals surface area contributed by atoms with Crippen LogP contribution >= 0.6 is 0 Å². The lowest BCUT2D eigenvalue weighted by atomic mass is 9.92. The molecule has 0 unspecified atom stereocenters. The van der Waals surface area contributed by atoms with Gasteiger partial charge < -0.3 is 10.2 Å². The summed E-state index contributed by atoms with van der Waals surface area (Å²) >= 11 is 0. The number of fused-ring (bicyclic) bond motifs is 1. The first-order valence-corrected chi connectivity index (χ1v) is 8.32. The summed E-state index contributed by atoms with van der Waals surface area (Å²) in [4.78, 5) is 14.6. The Kier molecular flexibility index (Phi) is 4.59. The Morgan fingerprint density at radius 2 is 1.67 bits per heavy atom. The van der Waals surface area contributed by atoms with Gasteiger partial charge in [0.05, 0.1) is 6.42 Å². The van der Waals surface area contributed by atoms with E-state index in [1.54, 1.807) is 0 Å². The van der Waals surface area contributed by atoms with Crippen LogP contribution in [-0.4, -0.2) is 37.0 Å². The molecule has 0 spiro atoms. The van der Waals surface area contributed by atoms with Gasteiger partial charge in [0.1, 0.15) is 0 Å². The quantitative estimate of drug-likeness (QED) is 0.924. The zero-order valence-electron chi connectivity index (χ0n) is 13.0. The molecule has 3 nitrogen and oxygen atoms in total. The van der Waals surface area contributed by atoms with Gasteiger partial charge in [-0.2, -0.15) is 0 Å². The summed E-state index contributed by atoms with van der Waals surface area (Å²) in [6.45, 7) is 6.32. The van der Waals surface area contributed by atoms with Crippen molar-refractivity contribution in [2.45, 2.75) is 32.6 Å². The minimum Gasteiger partial charge on any atom is -0.342 e. The van der Waals surface area contributed by atoms with Gasteiger partial charge in [-0.3, -0.25) is 4.79 Å². The second kappa shape index (κ2) is 6.61. The maximum atomic E-state index is 12.5. The maximum absolute atomic E-state index is 12.5. The van der Waals surface area contributed by atoms with Gasteiger partial charge in [-0.05, 0) is 55.3 Å². The molecule has 2 atom stereocenters. The molecule has 0 aliphatic carbocycles. The third kappa shape index (κ3) is 3.46. The molecule has 2 aliphatic rings. The van der Waals surface area contributed by atoms with Crippen LogP contribution in [0.5, 0.6) is 0 Å². The lowest BCUT2D eigenvalue weighted by Gasteiger charge is -2.21. The minimum atomic E-state index is 0.298. The summed E-state index contributed by atoms with van der Waals surface area (Å²) in [7, 11) is 0. The van der Waals surface area contributed by atoms with Crippen LogP contribution in [0.1, 0.15) is 30.9 Å². The molecule has 2 fully saturated rings. The molecule has 0 saturated carbocycles. The van der Waals surface area contributed by atoms with E-state index in [0.29, 0.717) is 12.3 Å². The van der Waals surface area contributed by atoms with Gasteiger partial charge in [0.2, 0.25) is 5.91 Å². The van der Waals surface area contributed by atoms with Crippen molar-refractivity contribution in [2.24, 2.45) is 11.8 Å². The summed E-state index contributed by atoms with van der Waals surface area (Å²) in [6.07, 6.45) is 3.94. The molecule has 2 heterocycles. The standard InChI is InChI=1S/C18H26N2O/c1-2-14-3-5-15(6-4-14)11-18(21)20-9-7-16-12-19-13-17(16)8-10-20/h3-6,16-17,19H,2,7-13H2,1H3/t16-,17+. The van der Waals surface area contributed by atoms with E-state index in [9.17, 15) is 4.79 Å². The molecular weight excluding hydrogens is 260 g/mol. The zero-order chi connectivity index (χ0) is 14.7. The Hall–Kier alpha value is -1.35. The highest BCUT2D eigenvalue weighted by atomic mass is 16.2. The van der Waals surface area contributed by atoms with Crippen LogP contribution in [0.4, 0.5) is 0 Å². The summed E-state index contributed by atoms with van der Waals surface area (Å²) in [5.74, 6) is 1.87. The van der Waals surface area contributed by atoms with E-state index in [1.165, 1.54) is 5.56 Å². The van der Waals surface area contributed by atoms with E-state index in [2.05, 4.69) is 41.4 Å². The second-order valence-electron chi connectivity index (χ2n) is 6.48. The summed E-state index contributed by atoms with van der Waals surface area (Å²) in [5, 5.41) is 3.48. The minimum absolute atomic E-state index is 0.298. The fourth-order valence-corrected chi connectivity index (χ4v) is 3.65. The van der Waals surface area contributed by atoms with Crippen LogP contribution in [0.25, 0.3) is 0 Å². The second-order valence-corrected chi connectivity index (χ2v) is 6.48. The average molecular weight is 286 g/mol. The van der Waals surface area contributed by atoms with Crippen LogP contribution < -0.4 is 5.32 Å². The fourth-order valence-electron chi connectivity index (χ4n) is 3.65. The van der Waals surface area contributed by atoms with Crippen LogP contribution in [0, 0.1) is 11.8 Å². The highest BCUT2D eigenvalue weighted by Crippen LogP contribution is 2.27. The number of carbonyl (C=O) groups is 1. The van der Waals surface area contributed by atoms with Crippen LogP contribution in [0.15, 0.2) is 24.3 Å². The number of likely N-dealkylation sites (tertiary alicyclic amines) is 1. The van der Waals surface area contributed by atoms with Crippen LogP contribution in [0.2, 0.25) is 0 Å². The van der Waals surface area contributed by atoms with Crippen LogP contribution in [-0.2, 0) is 17.6 Å². The van der Waals surface area contributed by atoms with Crippen molar-refractivity contribution in [3.05, 3.63) is 35.4 Å². The zero-order valence-corrected chi connectivity index (χ0v) is 13.0. The predicted octanol–water partition coefficient (Wildman–Crippen LogP) is 2.25. The molecule has 0 radical (unpaired) electrons. The number of benzene rings is 1. The lowest BCUT2D eigenvalue weighted by molar-refractivity contribution is -0.130. The average Bonchev–Trinajstić information content (AvgIpc) is 2.86. The monoisotopic (exact) mass is 286 g/mol. The summed E-state index contributed by atoms with van der Waals surface area (Å²) in [6, 6.07) is 8.49. The molecule has 2 saturated heterocycles. The van der Waals surface area contributed by atoms with Crippen molar-refractivity contribution in [3.8, 4) is 0 Å². The van der Waals surface area contributed by atoms with E-state index >= 15 is 0 Å². The Balaban J connectivity index is 1.57. The van der Waals surface area contributed by atoms with Crippen LogP contribution in [0.3, 0.4) is 0 Å². The molecule has 3 rings (SSSR count). The van der Waals surface area contributed by atoms with E-state index in [-0.39, 0.29) is 0 Å². The number of rotatable bonds is 3. The number of hydrogen-bond acceptors (Lipinski definition) is 2. The van der Waals surface area contributed by atoms with Crippen molar-refractivity contribution in [2.75, 3.05) is 26.2 Å². The van der Waals surface area contributed by atoms with Crippen molar-refractivity contribution in [1.82, 2.24) is 10.2 Å². The Morgan fingerprint density at radius 3 is 2.24 bits per heavy atom. The molecule has 3 heteroatoms. The first-order valence-electron chi connectivity index (χ1n) is 8.32. The van der Waals surface area contributed by atoms with Gasteiger partial charge in [-0.1, -0.05) is 31.2 Å². The first-order chi connectivity index (χ1) is 10.3. The molecule has 0 bridgehead atoms. The maximum Gasteiger partial charge on any atom is 0.226 e. The fraction of sp³-hybridized carbons (Fsp3) is 0.611. The van der Waals surface area contributed by atoms with Gasteiger partial charge in [0, 0.05) is 13.1 Å². The van der Waals surface area contributed by atoms with E-state index in [4.69, 9.17) is 0 Å². The van der Waals surface area contributed by atoms with Gasteiger partial charge >= 0.3 is 0 Å². The number of carbonyl (C=O) groups excluding carboxylic acids is 1. The molecule has 0 aromatic heterocycles. The molecule has 1 aromatic carbocycles. The van der Waals surface area contributed by atoms with Gasteiger partial charge in [0.25, 0.3) is 0 Å². The van der Waals surface area contributed by atoms with Crippen molar-refractivity contribution in [3.63, 3.8) is 0 Å². The molecule has 1 amide bonds. The molecule has 114 valence electrons. The number of nitrogens with zero attached hydrogens (tertiary/aromatic N) is 1. The SMILES string of the molecule is CCc1ccc(CC(=O)N2CC[C@@H]3CNC[C@@H]3CC2)cc1. The predicted molar refractivity (Wildman–Crippen MR) is 85.2 cm³/mol. The Labute approximate surface area is 127 Å². The molecule has 1 aromatic rings. The number of hydrogen-bond donors (Lipinski definition) is 1. The number of nitrogens with one attached hydrogen (secondary N) is 1. The summed E-state index contributed by atoms with van der Waals surface area (Å²) in [5.41, 5.74) is 2.48. The van der Waals surface area contributed by atoms with Crippen molar-refractivity contribution in [1.29, 1.82) is 0 Å². The molecule has 21 heavy (non-hydrogen) atoms. The smallest absolute Gasteiger partial charge is 0.226 e. The van der Waals surface area contributed by atoms with Crippen molar-refractivity contribution >= 4 is 5.91 Å². The van der Waals surface area contributed by atoms with Crippen molar-refractivity contribution < 1.29 is 4.79 Å². The topological polar surface area (TPSA) is 32.3 Å². The highest BCUT2D eigenvalue weighted by molar-refractivity contribution is 5.78. The highest BCUT2D eigenvalue weighted by Gasteiger charge is 2.31. The van der Waals surface area contributed by atoms with Gasteiger partial charge in [-0.15, -0.1) is 0 Å². The summed E-state index contributed by atoms with van der Waals surface area (Å²) < 4.78 is 0. The van der Waals surface area contributed by atoms with Gasteiger partial charge in [-0.25, -0.2) is 0 Å².